The van der Waals surface area contributed by atoms with Gasteiger partial charge in [0.25, 0.3) is 11.5 Å². The molecule has 0 aliphatic heterocycles. The topological polar surface area (TPSA) is 79.8 Å². The van der Waals surface area contributed by atoms with Gasteiger partial charge in [-0.1, -0.05) is 32.0 Å². The number of hydrogen-bond donors (Lipinski definition) is 2. The summed E-state index contributed by atoms with van der Waals surface area (Å²) < 4.78 is 1.63. The summed E-state index contributed by atoms with van der Waals surface area (Å²) in [5.74, 6) is 0.871. The van der Waals surface area contributed by atoms with Crippen LogP contribution in [0.3, 0.4) is 0 Å². The third kappa shape index (κ3) is 3.29. The van der Waals surface area contributed by atoms with Gasteiger partial charge in [-0.25, -0.2) is 4.98 Å². The fourth-order valence-electron chi connectivity index (χ4n) is 3.47. The number of anilines is 1. The third-order valence-electron chi connectivity index (χ3n) is 4.66. The van der Waals surface area contributed by atoms with E-state index in [9.17, 15) is 9.59 Å². The van der Waals surface area contributed by atoms with E-state index < -0.39 is 0 Å². The molecule has 0 unspecified atom stereocenters. The first-order chi connectivity index (χ1) is 13.4. The number of nitrogens with zero attached hydrogens (tertiary/aromatic N) is 2. The Kier molecular flexibility index (Phi) is 4.47. The maximum atomic E-state index is 13.1. The molecule has 28 heavy (non-hydrogen) atoms. The van der Waals surface area contributed by atoms with Gasteiger partial charge in [0, 0.05) is 29.2 Å². The molecule has 0 radical (unpaired) electrons. The van der Waals surface area contributed by atoms with Gasteiger partial charge < -0.3 is 14.9 Å². The van der Waals surface area contributed by atoms with Crippen LogP contribution in [0.15, 0.2) is 53.5 Å². The summed E-state index contributed by atoms with van der Waals surface area (Å²) in [6.45, 7) is 6.54. The first-order valence-electron chi connectivity index (χ1n) is 9.32. The minimum Gasteiger partial charge on any atom is -0.342 e. The van der Waals surface area contributed by atoms with Crippen LogP contribution in [0.1, 0.15) is 30.0 Å². The molecular weight excluding hydrogens is 352 g/mol. The van der Waals surface area contributed by atoms with Crippen LogP contribution in [0, 0.1) is 12.8 Å². The van der Waals surface area contributed by atoms with E-state index in [2.05, 4.69) is 15.3 Å². The van der Waals surface area contributed by atoms with E-state index in [0.717, 1.165) is 16.9 Å². The number of amides is 1. The van der Waals surface area contributed by atoms with E-state index in [1.54, 1.807) is 16.8 Å². The van der Waals surface area contributed by atoms with Crippen molar-refractivity contribution < 1.29 is 4.79 Å². The quantitative estimate of drug-likeness (QED) is 0.564. The van der Waals surface area contributed by atoms with E-state index in [-0.39, 0.29) is 11.5 Å². The number of fused-ring (bicyclic) bond motifs is 2. The highest BCUT2D eigenvalue weighted by Crippen LogP contribution is 2.20. The van der Waals surface area contributed by atoms with Crippen LogP contribution >= 0.6 is 0 Å². The van der Waals surface area contributed by atoms with E-state index in [1.165, 1.54) is 0 Å². The normalized spacial score (nSPS) is 11.4. The minimum absolute atomic E-state index is 0.0739. The first-order valence-corrected chi connectivity index (χ1v) is 9.32. The summed E-state index contributed by atoms with van der Waals surface area (Å²) in [4.78, 5) is 33.4. The van der Waals surface area contributed by atoms with Crippen molar-refractivity contribution >= 4 is 33.4 Å². The Labute approximate surface area is 162 Å². The molecule has 2 heterocycles. The lowest BCUT2D eigenvalue weighted by atomic mass is 10.1. The molecule has 142 valence electrons. The Morgan fingerprint density at radius 1 is 1.18 bits per heavy atom. The standard InChI is InChI=1S/C22H22N4O2/c1-13(2)11-26-12-18(16-6-4-5-7-17(16)22(26)28)21(27)25-15-8-9-19-20(10-15)24-14(3)23-19/h4-10,12-13H,11H2,1-3H3,(H,23,24)(H,25,27). The van der Waals surface area contributed by atoms with Gasteiger partial charge in [0.15, 0.2) is 0 Å². The van der Waals surface area contributed by atoms with E-state index >= 15 is 0 Å². The second kappa shape index (κ2) is 6.96. The zero-order chi connectivity index (χ0) is 19.8. The second-order valence-corrected chi connectivity index (χ2v) is 7.45. The van der Waals surface area contributed by atoms with Crippen molar-refractivity contribution in [1.82, 2.24) is 14.5 Å². The first kappa shape index (κ1) is 18.0. The number of aromatic nitrogens is 3. The van der Waals surface area contributed by atoms with Crippen LogP contribution in [0.4, 0.5) is 5.69 Å². The fraction of sp³-hybridized carbons (Fsp3) is 0.227. The van der Waals surface area contributed by atoms with Gasteiger partial charge in [-0.15, -0.1) is 0 Å². The average molecular weight is 374 g/mol. The summed E-state index contributed by atoms with van der Waals surface area (Å²) >= 11 is 0. The van der Waals surface area contributed by atoms with Crippen molar-refractivity contribution in [2.24, 2.45) is 5.92 Å². The molecule has 0 atom stereocenters. The van der Waals surface area contributed by atoms with E-state index in [1.807, 2.05) is 57.2 Å². The van der Waals surface area contributed by atoms with Crippen LogP contribution in [0.25, 0.3) is 21.8 Å². The summed E-state index contributed by atoms with van der Waals surface area (Å²) in [7, 11) is 0. The number of rotatable bonds is 4. The Hall–Kier alpha value is -3.41. The number of aryl methyl sites for hydroxylation is 1. The predicted molar refractivity (Wildman–Crippen MR) is 112 cm³/mol. The predicted octanol–water partition coefficient (Wildman–Crippen LogP) is 4.09. The zero-order valence-electron chi connectivity index (χ0n) is 16.1. The summed E-state index contributed by atoms with van der Waals surface area (Å²) in [6.07, 6.45) is 1.67. The van der Waals surface area contributed by atoms with Gasteiger partial charge in [-0.05, 0) is 37.1 Å². The number of benzene rings is 2. The molecule has 4 aromatic rings. The van der Waals surface area contributed by atoms with E-state index in [4.69, 9.17) is 0 Å². The lowest BCUT2D eigenvalue weighted by Gasteiger charge is -2.14. The number of aromatic amines is 1. The highest BCUT2D eigenvalue weighted by molar-refractivity contribution is 6.12. The maximum absolute atomic E-state index is 13.1. The average Bonchev–Trinajstić information content (AvgIpc) is 3.03. The van der Waals surface area contributed by atoms with Crippen molar-refractivity contribution in [2.75, 3.05) is 5.32 Å². The number of carbonyl (C=O) groups excluding carboxylic acids is 1. The smallest absolute Gasteiger partial charge is 0.258 e. The summed E-state index contributed by atoms with van der Waals surface area (Å²) in [5, 5.41) is 4.16. The number of nitrogens with one attached hydrogen (secondary N) is 2. The molecule has 0 fully saturated rings. The van der Waals surface area contributed by atoms with Gasteiger partial charge in [-0.3, -0.25) is 9.59 Å². The molecule has 6 nitrogen and oxygen atoms in total. The molecule has 0 spiro atoms. The second-order valence-electron chi connectivity index (χ2n) is 7.45. The molecule has 2 N–H and O–H groups in total. The SMILES string of the molecule is Cc1nc2ccc(NC(=O)c3cn(CC(C)C)c(=O)c4ccccc34)cc2[nH]1. The number of imidazole rings is 1. The molecular formula is C22H22N4O2. The molecule has 4 rings (SSSR count). The van der Waals surface area contributed by atoms with Gasteiger partial charge in [0.2, 0.25) is 0 Å². The largest absolute Gasteiger partial charge is 0.342 e. The molecule has 2 aromatic heterocycles. The number of carbonyl (C=O) groups is 1. The van der Waals surface area contributed by atoms with Crippen molar-refractivity contribution in [2.45, 2.75) is 27.3 Å². The maximum Gasteiger partial charge on any atom is 0.258 e. The van der Waals surface area contributed by atoms with Crippen LogP contribution in [0.2, 0.25) is 0 Å². The lowest BCUT2D eigenvalue weighted by molar-refractivity contribution is 0.102. The van der Waals surface area contributed by atoms with Crippen molar-refractivity contribution in [3.05, 3.63) is 70.4 Å². The number of H-pyrrole nitrogens is 1. The zero-order valence-corrected chi connectivity index (χ0v) is 16.1. The van der Waals surface area contributed by atoms with Crippen molar-refractivity contribution in [3.8, 4) is 0 Å². The molecule has 0 saturated heterocycles. The molecule has 0 aliphatic carbocycles. The van der Waals surface area contributed by atoms with E-state index in [0.29, 0.717) is 34.5 Å². The fourth-order valence-corrected chi connectivity index (χ4v) is 3.47. The Balaban J connectivity index is 1.76. The van der Waals surface area contributed by atoms with Gasteiger partial charge >= 0.3 is 0 Å². The van der Waals surface area contributed by atoms with Gasteiger partial charge in [0.1, 0.15) is 5.82 Å². The van der Waals surface area contributed by atoms with Gasteiger partial charge in [0.05, 0.1) is 16.6 Å². The van der Waals surface area contributed by atoms with Crippen molar-refractivity contribution in [1.29, 1.82) is 0 Å². The van der Waals surface area contributed by atoms with Crippen LogP contribution in [-0.4, -0.2) is 20.4 Å². The molecule has 0 saturated carbocycles. The van der Waals surface area contributed by atoms with Crippen molar-refractivity contribution in [3.63, 3.8) is 0 Å². The highest BCUT2D eigenvalue weighted by atomic mass is 16.2. The highest BCUT2D eigenvalue weighted by Gasteiger charge is 2.16. The lowest BCUT2D eigenvalue weighted by Crippen LogP contribution is -2.25. The monoisotopic (exact) mass is 374 g/mol. The summed E-state index contributed by atoms with van der Waals surface area (Å²) in [6, 6.07) is 12.8. The Morgan fingerprint density at radius 3 is 2.68 bits per heavy atom. The molecule has 6 heteroatoms. The molecule has 0 aliphatic rings. The van der Waals surface area contributed by atoms with Crippen LogP contribution in [-0.2, 0) is 6.54 Å². The minimum atomic E-state index is -0.246. The number of pyridine rings is 1. The Bertz CT molecular complexity index is 1250. The molecule has 1 amide bonds. The Morgan fingerprint density at radius 2 is 1.93 bits per heavy atom. The molecule has 2 aromatic carbocycles. The third-order valence-corrected chi connectivity index (χ3v) is 4.66. The molecule has 0 bridgehead atoms. The van der Waals surface area contributed by atoms with Crippen LogP contribution < -0.4 is 10.9 Å². The van der Waals surface area contributed by atoms with Crippen LogP contribution in [0.5, 0.6) is 0 Å². The number of hydrogen-bond acceptors (Lipinski definition) is 3. The summed E-state index contributed by atoms with van der Waals surface area (Å²) in [5.41, 5.74) is 2.80. The van der Waals surface area contributed by atoms with Gasteiger partial charge in [-0.2, -0.15) is 0 Å².